The van der Waals surface area contributed by atoms with Crippen LogP contribution in [0.25, 0.3) is 0 Å². The van der Waals surface area contributed by atoms with E-state index in [9.17, 15) is 9.90 Å². The Morgan fingerprint density at radius 3 is 2.40 bits per heavy atom. The molecule has 1 saturated heterocycles. The molecule has 1 heterocycles. The van der Waals surface area contributed by atoms with Crippen LogP contribution in [0, 0.1) is 10.8 Å². The molecule has 0 aromatic carbocycles. The van der Waals surface area contributed by atoms with Crippen molar-refractivity contribution in [2.75, 3.05) is 13.6 Å². The standard InChI is InChI=1S/C12H21NO2/c1-11(2)8-12(11,10(14)15)9-6-4-5-7-13(9)3/h9H,4-8H2,1-3H3,(H,14,15). The third kappa shape index (κ3) is 1.40. The first-order chi connectivity index (χ1) is 6.92. The van der Waals surface area contributed by atoms with Crippen LogP contribution < -0.4 is 0 Å². The summed E-state index contributed by atoms with van der Waals surface area (Å²) in [7, 11) is 2.07. The Balaban J connectivity index is 2.23. The van der Waals surface area contributed by atoms with Crippen LogP contribution in [0.3, 0.4) is 0 Å². The molecule has 1 aliphatic carbocycles. The van der Waals surface area contributed by atoms with Crippen LogP contribution in [0.5, 0.6) is 0 Å². The summed E-state index contributed by atoms with van der Waals surface area (Å²) >= 11 is 0. The van der Waals surface area contributed by atoms with E-state index in [0.29, 0.717) is 0 Å². The highest BCUT2D eigenvalue weighted by molar-refractivity contribution is 5.81. The Bertz CT molecular complexity index is 287. The molecular formula is C12H21NO2. The molecule has 3 heteroatoms. The van der Waals surface area contributed by atoms with Crippen LogP contribution >= 0.6 is 0 Å². The smallest absolute Gasteiger partial charge is 0.311 e. The minimum Gasteiger partial charge on any atom is -0.481 e. The Morgan fingerprint density at radius 1 is 1.40 bits per heavy atom. The SMILES string of the molecule is CN1CCCCC1C1(C(=O)O)CC1(C)C. The molecule has 0 amide bonds. The molecular weight excluding hydrogens is 190 g/mol. The van der Waals surface area contributed by atoms with E-state index < -0.39 is 11.4 Å². The molecule has 2 atom stereocenters. The van der Waals surface area contributed by atoms with Crippen molar-refractivity contribution in [2.24, 2.45) is 10.8 Å². The normalized spacial score (nSPS) is 40.1. The lowest BCUT2D eigenvalue weighted by Gasteiger charge is -2.38. The molecule has 2 unspecified atom stereocenters. The summed E-state index contributed by atoms with van der Waals surface area (Å²) in [6.45, 7) is 5.23. The second-order valence-electron chi connectivity index (χ2n) is 5.83. The van der Waals surface area contributed by atoms with Gasteiger partial charge in [-0.25, -0.2) is 0 Å². The van der Waals surface area contributed by atoms with E-state index >= 15 is 0 Å². The van der Waals surface area contributed by atoms with Crippen molar-refractivity contribution >= 4 is 5.97 Å². The van der Waals surface area contributed by atoms with Gasteiger partial charge < -0.3 is 10.0 Å². The minimum atomic E-state index is -0.591. The van der Waals surface area contributed by atoms with Gasteiger partial charge in [-0.3, -0.25) is 4.79 Å². The molecule has 0 aromatic heterocycles. The van der Waals surface area contributed by atoms with E-state index in [0.717, 1.165) is 19.4 Å². The highest BCUT2D eigenvalue weighted by atomic mass is 16.4. The Morgan fingerprint density at radius 2 is 2.00 bits per heavy atom. The van der Waals surface area contributed by atoms with E-state index in [4.69, 9.17) is 0 Å². The predicted octanol–water partition coefficient (Wildman–Crippen LogP) is 1.97. The zero-order chi connectivity index (χ0) is 11.3. The van der Waals surface area contributed by atoms with Crippen molar-refractivity contribution in [3.05, 3.63) is 0 Å². The molecule has 1 N–H and O–H groups in total. The molecule has 0 aromatic rings. The highest BCUT2D eigenvalue weighted by Gasteiger charge is 2.71. The Hall–Kier alpha value is -0.570. The van der Waals surface area contributed by atoms with Gasteiger partial charge >= 0.3 is 5.97 Å². The van der Waals surface area contributed by atoms with Crippen LogP contribution in [0.1, 0.15) is 39.5 Å². The summed E-state index contributed by atoms with van der Waals surface area (Å²) in [5.74, 6) is -0.591. The summed E-state index contributed by atoms with van der Waals surface area (Å²) in [5, 5.41) is 9.48. The zero-order valence-corrected chi connectivity index (χ0v) is 9.92. The van der Waals surface area contributed by atoms with Crippen LogP contribution in [-0.4, -0.2) is 35.6 Å². The van der Waals surface area contributed by atoms with E-state index in [-0.39, 0.29) is 11.5 Å². The number of aliphatic carboxylic acids is 1. The van der Waals surface area contributed by atoms with E-state index in [1.807, 2.05) is 0 Å². The summed E-state index contributed by atoms with van der Waals surface area (Å²) in [4.78, 5) is 13.8. The summed E-state index contributed by atoms with van der Waals surface area (Å²) in [6, 6.07) is 0.249. The molecule has 3 nitrogen and oxygen atoms in total. The molecule has 2 rings (SSSR count). The Labute approximate surface area is 91.5 Å². The van der Waals surface area contributed by atoms with E-state index in [1.165, 1.54) is 12.8 Å². The van der Waals surface area contributed by atoms with Gasteiger partial charge in [0.15, 0.2) is 0 Å². The van der Waals surface area contributed by atoms with Gasteiger partial charge in [0.2, 0.25) is 0 Å². The molecule has 1 aliphatic heterocycles. The lowest BCUT2D eigenvalue weighted by Crippen LogP contribution is -2.47. The van der Waals surface area contributed by atoms with Crippen molar-refractivity contribution in [1.29, 1.82) is 0 Å². The third-order valence-corrected chi connectivity index (χ3v) is 4.52. The van der Waals surface area contributed by atoms with Gasteiger partial charge in [0.05, 0.1) is 5.41 Å². The van der Waals surface area contributed by atoms with Crippen molar-refractivity contribution in [1.82, 2.24) is 4.90 Å². The van der Waals surface area contributed by atoms with Crippen molar-refractivity contribution in [3.8, 4) is 0 Å². The third-order valence-electron chi connectivity index (χ3n) is 4.52. The van der Waals surface area contributed by atoms with Gasteiger partial charge in [0, 0.05) is 6.04 Å². The van der Waals surface area contributed by atoms with Crippen LogP contribution in [0.2, 0.25) is 0 Å². The van der Waals surface area contributed by atoms with Gasteiger partial charge in [-0.15, -0.1) is 0 Å². The fourth-order valence-corrected chi connectivity index (χ4v) is 3.43. The van der Waals surface area contributed by atoms with Crippen molar-refractivity contribution in [3.63, 3.8) is 0 Å². The van der Waals surface area contributed by atoms with Gasteiger partial charge in [0.1, 0.15) is 0 Å². The fraction of sp³-hybridized carbons (Fsp3) is 0.917. The maximum absolute atomic E-state index is 11.5. The monoisotopic (exact) mass is 211 g/mol. The first kappa shape index (κ1) is 10.9. The van der Waals surface area contributed by atoms with Crippen LogP contribution in [0.4, 0.5) is 0 Å². The minimum absolute atomic E-state index is 0.0188. The van der Waals surface area contributed by atoms with Gasteiger partial charge in [-0.1, -0.05) is 20.3 Å². The number of hydrogen-bond acceptors (Lipinski definition) is 2. The van der Waals surface area contributed by atoms with Crippen LogP contribution in [-0.2, 0) is 4.79 Å². The number of piperidine rings is 1. The molecule has 0 bridgehead atoms. The first-order valence-electron chi connectivity index (χ1n) is 5.85. The Kier molecular flexibility index (Phi) is 2.34. The van der Waals surface area contributed by atoms with Crippen molar-refractivity contribution in [2.45, 2.75) is 45.6 Å². The molecule has 86 valence electrons. The number of likely N-dealkylation sites (tertiary alicyclic amines) is 1. The number of carbonyl (C=O) groups is 1. The molecule has 1 saturated carbocycles. The maximum atomic E-state index is 11.5. The van der Waals surface area contributed by atoms with E-state index in [2.05, 4.69) is 25.8 Å². The summed E-state index contributed by atoms with van der Waals surface area (Å²) < 4.78 is 0. The summed E-state index contributed by atoms with van der Waals surface area (Å²) in [5.41, 5.74) is -0.489. The average Bonchev–Trinajstić information content (AvgIpc) is 2.71. The molecule has 0 radical (unpaired) electrons. The molecule has 15 heavy (non-hydrogen) atoms. The van der Waals surface area contributed by atoms with E-state index in [1.54, 1.807) is 0 Å². The second kappa shape index (κ2) is 3.21. The number of nitrogens with zero attached hydrogens (tertiary/aromatic N) is 1. The molecule has 2 fully saturated rings. The van der Waals surface area contributed by atoms with Gasteiger partial charge in [-0.2, -0.15) is 0 Å². The predicted molar refractivity (Wildman–Crippen MR) is 58.7 cm³/mol. The molecule has 0 spiro atoms. The lowest BCUT2D eigenvalue weighted by molar-refractivity contribution is -0.148. The maximum Gasteiger partial charge on any atom is 0.311 e. The molecule has 2 aliphatic rings. The number of carboxylic acids is 1. The van der Waals surface area contributed by atoms with Crippen molar-refractivity contribution < 1.29 is 9.90 Å². The zero-order valence-electron chi connectivity index (χ0n) is 9.92. The number of hydrogen-bond donors (Lipinski definition) is 1. The number of carboxylic acid groups (broad SMARTS) is 1. The van der Waals surface area contributed by atoms with Crippen LogP contribution in [0.15, 0.2) is 0 Å². The summed E-state index contributed by atoms with van der Waals surface area (Å²) in [6.07, 6.45) is 4.28. The average molecular weight is 211 g/mol. The quantitative estimate of drug-likeness (QED) is 0.759. The van der Waals surface area contributed by atoms with Gasteiger partial charge in [-0.05, 0) is 38.3 Å². The lowest BCUT2D eigenvalue weighted by atomic mass is 9.82. The van der Waals surface area contributed by atoms with Gasteiger partial charge in [0.25, 0.3) is 0 Å². The topological polar surface area (TPSA) is 40.5 Å². The number of rotatable bonds is 2. The first-order valence-corrected chi connectivity index (χ1v) is 5.85. The second-order valence-corrected chi connectivity index (χ2v) is 5.83. The fourth-order valence-electron chi connectivity index (χ4n) is 3.43. The highest BCUT2D eigenvalue weighted by Crippen LogP contribution is 2.67. The largest absolute Gasteiger partial charge is 0.481 e.